The number of halogens is 4. The molecule has 4 rings (SSSR count). The Morgan fingerprint density at radius 1 is 0.429 bits per heavy atom. The lowest BCUT2D eigenvalue weighted by Gasteiger charge is -2.33. The van der Waals surface area contributed by atoms with Crippen LogP contribution in [0.15, 0.2) is 90.7 Å². The van der Waals surface area contributed by atoms with E-state index >= 15 is 0 Å². The third-order valence-electron chi connectivity index (χ3n) is 7.10. The largest absolute Gasteiger partial charge is 0.493 e. The molecule has 0 aromatic heterocycles. The summed E-state index contributed by atoms with van der Waals surface area (Å²) >= 11 is 13.8. The third-order valence-corrected chi connectivity index (χ3v) is 9.73. The maximum Gasteiger partial charge on any atom is 0.123 e. The molecule has 4 aromatic rings. The van der Waals surface area contributed by atoms with Crippen molar-refractivity contribution in [3.63, 3.8) is 0 Å². The van der Waals surface area contributed by atoms with Crippen LogP contribution in [0.1, 0.15) is 22.3 Å². The Morgan fingerprint density at radius 2 is 0.633 bits per heavy atom. The van der Waals surface area contributed by atoms with Gasteiger partial charge in [-0.05, 0) is 137 Å². The first-order valence-electron chi connectivity index (χ1n) is 14.2. The molecular weight excluding hydrogens is 892 g/mol. The molecule has 0 saturated heterocycles. The fourth-order valence-electron chi connectivity index (χ4n) is 4.41. The normalized spacial score (nSPS) is 12.0. The number of rotatable bonds is 16. The van der Waals surface area contributed by atoms with Crippen LogP contribution in [0.5, 0.6) is 23.0 Å². The maximum atomic E-state index is 7.80. The molecule has 16 heteroatoms. The maximum absolute atomic E-state index is 7.80. The highest BCUT2D eigenvalue weighted by Gasteiger charge is 2.36. The van der Waals surface area contributed by atoms with Crippen LogP contribution in [0.3, 0.4) is 0 Å². The molecule has 12 N–H and O–H groups in total. The molecule has 256 valence electrons. The topological polar surface area (TPSA) is 236 Å². The molecule has 0 spiro atoms. The fourth-order valence-corrected chi connectivity index (χ4v) is 6.70. The number of nitrogen functional groups attached to an aromatic ring is 4. The molecule has 0 amide bonds. The van der Waals surface area contributed by atoms with E-state index in [-0.39, 0.29) is 49.8 Å². The Kier molecular flexibility index (Phi) is 12.7. The van der Waals surface area contributed by atoms with Gasteiger partial charge in [0, 0.05) is 40.1 Å². The van der Waals surface area contributed by atoms with Crippen molar-refractivity contribution in [2.75, 3.05) is 26.4 Å². The molecule has 0 fully saturated rings. The van der Waals surface area contributed by atoms with E-state index in [1.807, 2.05) is 0 Å². The van der Waals surface area contributed by atoms with Crippen molar-refractivity contribution in [2.45, 2.75) is 0 Å². The lowest BCUT2D eigenvalue weighted by atomic mass is 9.92. The predicted molar refractivity (Wildman–Crippen MR) is 205 cm³/mol. The summed E-state index contributed by atoms with van der Waals surface area (Å²) in [5.74, 6) is 1.63. The second-order valence-corrected chi connectivity index (χ2v) is 14.3. The number of hydrogen-bond donors (Lipinski definition) is 8. The predicted octanol–water partition coefficient (Wildman–Crippen LogP) is 6.48. The summed E-state index contributed by atoms with van der Waals surface area (Å²) in [6.07, 6.45) is 0. The van der Waals surface area contributed by atoms with Crippen LogP contribution in [-0.4, -0.2) is 49.8 Å². The minimum atomic E-state index is -0.977. The Balaban J connectivity index is 1.71. The van der Waals surface area contributed by atoms with Gasteiger partial charge in [0.05, 0.1) is 0 Å². The highest BCUT2D eigenvalue weighted by molar-refractivity contribution is 9.11. The molecule has 49 heavy (non-hydrogen) atoms. The highest BCUT2D eigenvalue weighted by Crippen LogP contribution is 2.32. The van der Waals surface area contributed by atoms with E-state index in [1.165, 1.54) is 0 Å². The summed E-state index contributed by atoms with van der Waals surface area (Å²) in [5, 5.41) is 31.2. The van der Waals surface area contributed by atoms with Crippen LogP contribution in [0.2, 0.25) is 0 Å². The van der Waals surface area contributed by atoms with E-state index in [0.717, 1.165) is 0 Å². The quantitative estimate of drug-likeness (QED) is 0.0457. The van der Waals surface area contributed by atoms with Crippen LogP contribution in [0.4, 0.5) is 0 Å². The fraction of sp³-hybridized carbons (Fsp3) is 0.152. The summed E-state index contributed by atoms with van der Waals surface area (Å²) < 4.78 is 27.7. The number of benzene rings is 4. The van der Waals surface area contributed by atoms with Gasteiger partial charge in [0.25, 0.3) is 0 Å². The van der Waals surface area contributed by atoms with Gasteiger partial charge in [0.15, 0.2) is 0 Å². The van der Waals surface area contributed by atoms with Crippen LogP contribution >= 0.6 is 63.7 Å². The van der Waals surface area contributed by atoms with Gasteiger partial charge in [-0.2, -0.15) is 0 Å². The Morgan fingerprint density at radius 3 is 0.796 bits per heavy atom. The van der Waals surface area contributed by atoms with Crippen molar-refractivity contribution in [1.82, 2.24) is 0 Å². The highest BCUT2D eigenvalue weighted by atomic mass is 79.9. The Labute approximate surface area is 316 Å². The molecule has 0 aliphatic heterocycles. The van der Waals surface area contributed by atoms with Gasteiger partial charge in [-0.25, -0.2) is 0 Å². The van der Waals surface area contributed by atoms with Crippen LogP contribution < -0.4 is 41.9 Å². The molecule has 0 aliphatic carbocycles. The first-order chi connectivity index (χ1) is 23.2. The number of amidine groups is 4. The van der Waals surface area contributed by atoms with Gasteiger partial charge in [-0.3, -0.25) is 21.6 Å². The zero-order valence-corrected chi connectivity index (χ0v) is 32.1. The lowest BCUT2D eigenvalue weighted by molar-refractivity contribution is -0.00357. The Bertz CT molecular complexity index is 1650. The summed E-state index contributed by atoms with van der Waals surface area (Å²) in [4.78, 5) is 0. The number of nitrogens with two attached hydrogens (primary N) is 4. The average Bonchev–Trinajstić information content (AvgIpc) is 3.03. The summed E-state index contributed by atoms with van der Waals surface area (Å²) in [7, 11) is 0. The first-order valence-corrected chi connectivity index (χ1v) is 17.4. The van der Waals surface area contributed by atoms with E-state index in [1.54, 1.807) is 72.8 Å². The smallest absolute Gasteiger partial charge is 0.123 e. The van der Waals surface area contributed by atoms with E-state index in [4.69, 9.17) is 63.5 Å². The third kappa shape index (κ3) is 9.97. The molecule has 0 aliphatic rings. The van der Waals surface area contributed by atoms with Crippen molar-refractivity contribution < 1.29 is 18.9 Å². The monoisotopic (exact) mass is 920 g/mol. The van der Waals surface area contributed by atoms with Gasteiger partial charge in [0.1, 0.15) is 78.2 Å². The summed E-state index contributed by atoms with van der Waals surface area (Å²) in [6, 6.07) is 20.5. The van der Waals surface area contributed by atoms with E-state index in [0.29, 0.717) is 63.1 Å². The van der Waals surface area contributed by atoms with E-state index in [9.17, 15) is 0 Å². The Hall–Kier alpha value is -4.12. The standard InChI is InChI=1S/C33H32Br4N8O4/c34-25-9-17(1-5-21(25)29(38)39)46-13-33(14-47-18-2-6-22(30(40)41)26(35)10-18,15-48-19-3-7-23(31(42)43)27(36)11-19)16-49-20-4-8-24(32(44)45)28(37)12-20/h1-12H,13-16H2,(H3,38,39)(H3,40,41)(H3,42,43)(H3,44,45). The minimum Gasteiger partial charge on any atom is -0.493 e. The van der Waals surface area contributed by atoms with Crippen LogP contribution in [-0.2, 0) is 0 Å². The van der Waals surface area contributed by atoms with Crippen molar-refractivity contribution in [1.29, 1.82) is 21.6 Å². The molecule has 0 heterocycles. The van der Waals surface area contributed by atoms with Gasteiger partial charge >= 0.3 is 0 Å². The van der Waals surface area contributed by atoms with Gasteiger partial charge in [-0.15, -0.1) is 0 Å². The van der Waals surface area contributed by atoms with E-state index in [2.05, 4.69) is 63.7 Å². The SMILES string of the molecule is N=C(N)c1ccc(OCC(COc2ccc(C(=N)N)c(Br)c2)(COc2ccc(C(=N)N)c(Br)c2)COc2ccc(C(=N)N)c(Br)c2)cc1Br. The zero-order valence-electron chi connectivity index (χ0n) is 25.7. The van der Waals surface area contributed by atoms with Crippen molar-refractivity contribution in [3.05, 3.63) is 113 Å². The second-order valence-electron chi connectivity index (χ2n) is 10.9. The lowest BCUT2D eigenvalue weighted by Crippen LogP contribution is -2.45. The molecule has 0 radical (unpaired) electrons. The van der Waals surface area contributed by atoms with Crippen molar-refractivity contribution in [3.8, 4) is 23.0 Å². The molecule has 12 nitrogen and oxygen atoms in total. The minimum absolute atomic E-state index is 0.0466. The van der Waals surface area contributed by atoms with Crippen molar-refractivity contribution >= 4 is 87.1 Å². The molecular formula is C33H32Br4N8O4. The zero-order chi connectivity index (χ0) is 35.9. The molecule has 0 bridgehead atoms. The first kappa shape index (κ1) is 37.7. The number of nitrogens with one attached hydrogen (secondary N) is 4. The van der Waals surface area contributed by atoms with Crippen molar-refractivity contribution in [2.24, 2.45) is 28.3 Å². The molecule has 0 unspecified atom stereocenters. The van der Waals surface area contributed by atoms with Gasteiger partial charge < -0.3 is 41.9 Å². The molecule has 4 aromatic carbocycles. The number of ether oxygens (including phenoxy) is 4. The molecule has 0 atom stereocenters. The summed E-state index contributed by atoms with van der Waals surface area (Å²) in [5.41, 5.74) is 23.9. The van der Waals surface area contributed by atoms with Crippen LogP contribution in [0, 0.1) is 27.1 Å². The van der Waals surface area contributed by atoms with E-state index < -0.39 is 5.41 Å². The second kappa shape index (κ2) is 16.5. The summed E-state index contributed by atoms with van der Waals surface area (Å²) in [6.45, 7) is 0.186. The average molecular weight is 924 g/mol. The van der Waals surface area contributed by atoms with Gasteiger partial charge in [-0.1, -0.05) is 0 Å². The number of hydrogen-bond acceptors (Lipinski definition) is 8. The van der Waals surface area contributed by atoms with Crippen LogP contribution in [0.25, 0.3) is 0 Å². The van der Waals surface area contributed by atoms with Gasteiger partial charge in [0.2, 0.25) is 0 Å². The molecule has 0 saturated carbocycles.